The Kier molecular flexibility index (Phi) is 7.93. The van der Waals surface area contributed by atoms with E-state index in [1.807, 2.05) is 32.8 Å². The Labute approximate surface area is 113 Å². The fourth-order valence-electron chi connectivity index (χ4n) is 1.61. The van der Waals surface area contributed by atoms with Crippen LogP contribution < -0.4 is 4.90 Å². The van der Waals surface area contributed by atoms with E-state index in [1.54, 1.807) is 0 Å². The van der Waals surface area contributed by atoms with Gasteiger partial charge in [-0.15, -0.1) is 0 Å². The van der Waals surface area contributed by atoms with Crippen LogP contribution in [0.2, 0.25) is 0 Å². The summed E-state index contributed by atoms with van der Waals surface area (Å²) >= 11 is 0. The molecule has 0 fully saturated rings. The summed E-state index contributed by atoms with van der Waals surface area (Å²) in [6.45, 7) is 8.45. The molecule has 18 heavy (non-hydrogen) atoms. The largest absolute Gasteiger partial charge is 0.382 e. The number of para-hydroxylation sites is 1. The first-order chi connectivity index (χ1) is 8.52. The molecular weight excluding hydrogens is 220 g/mol. The first-order valence-electron chi connectivity index (χ1n) is 6.69. The normalized spacial score (nSPS) is 10.2. The monoisotopic (exact) mass is 248 g/mol. The van der Waals surface area contributed by atoms with Gasteiger partial charge in [0, 0.05) is 39.2 Å². The summed E-state index contributed by atoms with van der Waals surface area (Å²) in [5.74, 6) is 0.548. The van der Waals surface area contributed by atoms with Gasteiger partial charge in [0.25, 0.3) is 0 Å². The standard InChI is InChI=1S/C14H22N2.C2H6/c1-12(2)13-8-6-7-9-14(13)16(5)11-10-15(3)4;1-2/h6-12H,1-5H3;1-2H3/b11-10-;. The lowest BCUT2D eigenvalue weighted by atomic mass is 10.0. The second kappa shape index (κ2) is 8.62. The lowest BCUT2D eigenvalue weighted by Gasteiger charge is -2.21. The van der Waals surface area contributed by atoms with Crippen LogP contribution in [0.5, 0.6) is 0 Å². The van der Waals surface area contributed by atoms with E-state index in [9.17, 15) is 0 Å². The SMILES string of the molecule is CC.CC(C)c1ccccc1N(C)/C=C\N(C)C. The highest BCUT2D eigenvalue weighted by atomic mass is 15.1. The lowest BCUT2D eigenvalue weighted by molar-refractivity contribution is 0.561. The molecule has 1 rings (SSSR count). The van der Waals surface area contributed by atoms with Crippen LogP contribution in [0.15, 0.2) is 36.7 Å². The van der Waals surface area contributed by atoms with Crippen LogP contribution in [-0.2, 0) is 0 Å². The summed E-state index contributed by atoms with van der Waals surface area (Å²) in [4.78, 5) is 4.20. The molecule has 0 aliphatic carbocycles. The van der Waals surface area contributed by atoms with Gasteiger partial charge in [0.2, 0.25) is 0 Å². The Morgan fingerprint density at radius 1 is 0.944 bits per heavy atom. The molecule has 0 N–H and O–H groups in total. The molecule has 0 aliphatic heterocycles. The molecule has 0 saturated carbocycles. The van der Waals surface area contributed by atoms with Crippen LogP contribution in [0.4, 0.5) is 5.69 Å². The maximum Gasteiger partial charge on any atom is 0.0439 e. The molecule has 2 nitrogen and oxygen atoms in total. The second-order valence-electron chi connectivity index (χ2n) is 4.59. The smallest absolute Gasteiger partial charge is 0.0439 e. The zero-order valence-corrected chi connectivity index (χ0v) is 12.9. The summed E-state index contributed by atoms with van der Waals surface area (Å²) in [6, 6.07) is 8.54. The molecule has 0 atom stereocenters. The van der Waals surface area contributed by atoms with Gasteiger partial charge in [-0.2, -0.15) is 0 Å². The molecule has 102 valence electrons. The molecule has 1 aromatic rings. The van der Waals surface area contributed by atoms with Crippen molar-refractivity contribution in [2.45, 2.75) is 33.6 Å². The zero-order valence-electron chi connectivity index (χ0n) is 12.9. The van der Waals surface area contributed by atoms with Gasteiger partial charge < -0.3 is 9.80 Å². The van der Waals surface area contributed by atoms with Crippen molar-refractivity contribution in [3.05, 3.63) is 42.2 Å². The molecule has 0 radical (unpaired) electrons. The Bertz CT molecular complexity index is 354. The maximum atomic E-state index is 2.22. The molecule has 0 heterocycles. The Morgan fingerprint density at radius 3 is 2.00 bits per heavy atom. The van der Waals surface area contributed by atoms with Crippen molar-refractivity contribution in [1.82, 2.24) is 4.90 Å². The van der Waals surface area contributed by atoms with Crippen LogP contribution in [-0.4, -0.2) is 26.0 Å². The maximum absolute atomic E-state index is 2.22. The Morgan fingerprint density at radius 2 is 1.50 bits per heavy atom. The third kappa shape index (κ3) is 5.26. The average molecular weight is 248 g/mol. The first kappa shape index (κ1) is 16.6. The number of hydrogen-bond donors (Lipinski definition) is 0. The Hall–Kier alpha value is -1.44. The molecule has 0 amide bonds. The van der Waals surface area contributed by atoms with E-state index in [-0.39, 0.29) is 0 Å². The number of nitrogens with zero attached hydrogens (tertiary/aromatic N) is 2. The van der Waals surface area contributed by atoms with Gasteiger partial charge in [-0.25, -0.2) is 0 Å². The second-order valence-corrected chi connectivity index (χ2v) is 4.59. The fraction of sp³-hybridized carbons (Fsp3) is 0.500. The number of anilines is 1. The van der Waals surface area contributed by atoms with E-state index < -0.39 is 0 Å². The van der Waals surface area contributed by atoms with Gasteiger partial charge in [0.05, 0.1) is 0 Å². The topological polar surface area (TPSA) is 6.48 Å². The van der Waals surface area contributed by atoms with E-state index in [0.717, 1.165) is 0 Å². The molecule has 0 saturated heterocycles. The number of benzene rings is 1. The van der Waals surface area contributed by atoms with Gasteiger partial charge in [0.1, 0.15) is 0 Å². The molecule has 0 aliphatic rings. The summed E-state index contributed by atoms with van der Waals surface area (Å²) < 4.78 is 0. The van der Waals surface area contributed by atoms with Crippen molar-refractivity contribution < 1.29 is 0 Å². The number of rotatable bonds is 4. The van der Waals surface area contributed by atoms with Crippen molar-refractivity contribution in [2.24, 2.45) is 0 Å². The zero-order chi connectivity index (χ0) is 14.1. The fourth-order valence-corrected chi connectivity index (χ4v) is 1.61. The first-order valence-corrected chi connectivity index (χ1v) is 6.69. The lowest BCUT2D eigenvalue weighted by Crippen LogP contribution is -2.13. The van der Waals surface area contributed by atoms with E-state index in [1.165, 1.54) is 11.3 Å². The van der Waals surface area contributed by atoms with Crippen molar-refractivity contribution in [1.29, 1.82) is 0 Å². The minimum atomic E-state index is 0.548. The summed E-state index contributed by atoms with van der Waals surface area (Å²) in [5, 5.41) is 0. The van der Waals surface area contributed by atoms with Crippen LogP contribution in [0, 0.1) is 0 Å². The van der Waals surface area contributed by atoms with E-state index >= 15 is 0 Å². The van der Waals surface area contributed by atoms with Crippen LogP contribution in [0.25, 0.3) is 0 Å². The van der Waals surface area contributed by atoms with Gasteiger partial charge in [-0.05, 0) is 17.5 Å². The minimum absolute atomic E-state index is 0.548. The predicted molar refractivity (Wildman–Crippen MR) is 83.1 cm³/mol. The summed E-state index contributed by atoms with van der Waals surface area (Å²) in [6.07, 6.45) is 4.14. The van der Waals surface area contributed by atoms with E-state index in [4.69, 9.17) is 0 Å². The van der Waals surface area contributed by atoms with Crippen molar-refractivity contribution in [3.63, 3.8) is 0 Å². The molecule has 0 aromatic heterocycles. The molecule has 0 unspecified atom stereocenters. The minimum Gasteiger partial charge on any atom is -0.382 e. The van der Waals surface area contributed by atoms with Gasteiger partial charge in [0.15, 0.2) is 0 Å². The van der Waals surface area contributed by atoms with E-state index in [2.05, 4.69) is 62.5 Å². The average Bonchev–Trinajstić information content (AvgIpc) is 2.38. The third-order valence-electron chi connectivity index (χ3n) is 2.53. The van der Waals surface area contributed by atoms with Crippen LogP contribution in [0.3, 0.4) is 0 Å². The number of hydrogen-bond acceptors (Lipinski definition) is 2. The molecule has 2 heteroatoms. The molecule has 0 spiro atoms. The van der Waals surface area contributed by atoms with Crippen LogP contribution in [0.1, 0.15) is 39.2 Å². The van der Waals surface area contributed by atoms with Gasteiger partial charge in [-0.3, -0.25) is 0 Å². The Balaban J connectivity index is 0.00000137. The highest BCUT2D eigenvalue weighted by Crippen LogP contribution is 2.26. The van der Waals surface area contributed by atoms with Crippen LogP contribution >= 0.6 is 0 Å². The quantitative estimate of drug-likeness (QED) is 0.783. The van der Waals surface area contributed by atoms with Crippen molar-refractivity contribution in [3.8, 4) is 0 Å². The highest BCUT2D eigenvalue weighted by molar-refractivity contribution is 5.56. The van der Waals surface area contributed by atoms with Gasteiger partial charge in [-0.1, -0.05) is 45.9 Å². The summed E-state index contributed by atoms with van der Waals surface area (Å²) in [5.41, 5.74) is 2.66. The molecule has 0 bridgehead atoms. The summed E-state index contributed by atoms with van der Waals surface area (Å²) in [7, 11) is 6.14. The van der Waals surface area contributed by atoms with Crippen molar-refractivity contribution >= 4 is 5.69 Å². The predicted octanol–water partition coefficient (Wildman–Crippen LogP) is 4.31. The molecular formula is C16H28N2. The highest BCUT2D eigenvalue weighted by Gasteiger charge is 2.07. The molecule has 1 aromatic carbocycles. The van der Waals surface area contributed by atoms with Gasteiger partial charge >= 0.3 is 0 Å². The van der Waals surface area contributed by atoms with Crippen molar-refractivity contribution in [2.75, 3.05) is 26.0 Å². The third-order valence-corrected chi connectivity index (χ3v) is 2.53. The van der Waals surface area contributed by atoms with E-state index in [0.29, 0.717) is 5.92 Å².